The van der Waals surface area contributed by atoms with Crippen molar-refractivity contribution in [2.75, 3.05) is 13.1 Å². The Morgan fingerprint density at radius 3 is 3.00 bits per heavy atom. The summed E-state index contributed by atoms with van der Waals surface area (Å²) in [6.07, 6.45) is 3.23. The summed E-state index contributed by atoms with van der Waals surface area (Å²) in [7, 11) is 0. The number of hydrogen-bond acceptors (Lipinski definition) is 4. The largest absolute Gasteiger partial charge is 0.441 e. The highest BCUT2D eigenvalue weighted by atomic mass is 16.3. The molecule has 0 amide bonds. The summed E-state index contributed by atoms with van der Waals surface area (Å²) in [5.41, 5.74) is 8.82. The molecule has 19 heavy (non-hydrogen) atoms. The molecule has 0 saturated carbocycles. The van der Waals surface area contributed by atoms with Crippen molar-refractivity contribution in [3.63, 3.8) is 0 Å². The van der Waals surface area contributed by atoms with Gasteiger partial charge in [-0.3, -0.25) is 0 Å². The molecule has 104 valence electrons. The molecule has 2 rings (SSSR count). The highest BCUT2D eigenvalue weighted by Gasteiger charge is 2.03. The van der Waals surface area contributed by atoms with E-state index < -0.39 is 0 Å². The van der Waals surface area contributed by atoms with Crippen molar-refractivity contribution in [2.24, 2.45) is 5.73 Å². The number of nitrogens with two attached hydrogens (primary N) is 1. The van der Waals surface area contributed by atoms with Gasteiger partial charge in [-0.2, -0.15) is 0 Å². The van der Waals surface area contributed by atoms with Gasteiger partial charge < -0.3 is 15.5 Å². The summed E-state index contributed by atoms with van der Waals surface area (Å²) in [5, 5.41) is 3.44. The molecule has 1 atom stereocenters. The predicted octanol–water partition coefficient (Wildman–Crippen LogP) is 2.40. The predicted molar refractivity (Wildman–Crippen MR) is 78.2 cm³/mol. The Hall–Kier alpha value is -1.39. The Morgan fingerprint density at radius 1 is 1.37 bits per heavy atom. The average Bonchev–Trinajstić information content (AvgIpc) is 2.72. The van der Waals surface area contributed by atoms with Gasteiger partial charge in [0.15, 0.2) is 11.5 Å². The molecule has 0 spiro atoms. The molecule has 1 aromatic heterocycles. The number of nitrogens with one attached hydrogen (secondary N) is 1. The number of aryl methyl sites for hydroxylation is 1. The Kier molecular flexibility index (Phi) is 4.93. The fourth-order valence-electron chi connectivity index (χ4n) is 2.15. The second-order valence-electron chi connectivity index (χ2n) is 5.15. The monoisotopic (exact) mass is 261 g/mol. The molecule has 1 aromatic carbocycles. The fraction of sp³-hybridized carbons (Fsp3) is 0.533. The van der Waals surface area contributed by atoms with E-state index in [-0.39, 0.29) is 0 Å². The lowest BCUT2D eigenvalue weighted by molar-refractivity contribution is 0.561. The van der Waals surface area contributed by atoms with E-state index in [2.05, 4.69) is 29.4 Å². The minimum Gasteiger partial charge on any atom is -0.441 e. The van der Waals surface area contributed by atoms with Gasteiger partial charge in [0.05, 0.1) is 0 Å². The van der Waals surface area contributed by atoms with E-state index in [1.165, 1.54) is 5.56 Å². The molecule has 0 aliphatic carbocycles. The van der Waals surface area contributed by atoms with Crippen LogP contribution in [0.5, 0.6) is 0 Å². The molecule has 0 radical (unpaired) electrons. The van der Waals surface area contributed by atoms with Crippen molar-refractivity contribution in [3.8, 4) is 0 Å². The van der Waals surface area contributed by atoms with Gasteiger partial charge in [-0.25, -0.2) is 4.98 Å². The van der Waals surface area contributed by atoms with Crippen LogP contribution in [0.2, 0.25) is 0 Å². The maximum atomic E-state index is 5.71. The maximum Gasteiger partial charge on any atom is 0.192 e. The molecule has 4 heteroatoms. The fourth-order valence-corrected chi connectivity index (χ4v) is 2.15. The first kappa shape index (κ1) is 14.0. The Bertz CT molecular complexity index is 519. The first-order valence-corrected chi connectivity index (χ1v) is 6.97. The third kappa shape index (κ3) is 4.33. The first-order valence-electron chi connectivity index (χ1n) is 6.97. The molecule has 1 heterocycles. The second kappa shape index (κ2) is 6.68. The van der Waals surface area contributed by atoms with Gasteiger partial charge in [0.1, 0.15) is 5.52 Å². The number of aromatic nitrogens is 1. The molecular formula is C15H23N3O. The smallest absolute Gasteiger partial charge is 0.192 e. The summed E-state index contributed by atoms with van der Waals surface area (Å²) in [6, 6.07) is 6.52. The van der Waals surface area contributed by atoms with E-state index in [0.717, 1.165) is 49.3 Å². The van der Waals surface area contributed by atoms with Gasteiger partial charge in [0.2, 0.25) is 0 Å². The highest BCUT2D eigenvalue weighted by molar-refractivity contribution is 5.73. The summed E-state index contributed by atoms with van der Waals surface area (Å²) in [4.78, 5) is 4.35. The number of oxazole rings is 1. The van der Waals surface area contributed by atoms with Crippen LogP contribution < -0.4 is 11.1 Å². The molecule has 0 fully saturated rings. The van der Waals surface area contributed by atoms with Crippen molar-refractivity contribution in [2.45, 2.75) is 39.2 Å². The zero-order chi connectivity index (χ0) is 13.7. The van der Waals surface area contributed by atoms with E-state index in [0.29, 0.717) is 6.04 Å². The van der Waals surface area contributed by atoms with Crippen LogP contribution >= 0.6 is 0 Å². The minimum absolute atomic E-state index is 0.305. The third-order valence-corrected chi connectivity index (χ3v) is 3.16. The van der Waals surface area contributed by atoms with Crippen molar-refractivity contribution in [3.05, 3.63) is 29.7 Å². The first-order chi connectivity index (χ1) is 9.15. The zero-order valence-corrected chi connectivity index (χ0v) is 11.8. The third-order valence-electron chi connectivity index (χ3n) is 3.16. The average molecular weight is 261 g/mol. The van der Waals surface area contributed by atoms with E-state index in [4.69, 9.17) is 10.2 Å². The van der Waals surface area contributed by atoms with Gasteiger partial charge in [-0.1, -0.05) is 6.07 Å². The van der Waals surface area contributed by atoms with Crippen LogP contribution in [0.3, 0.4) is 0 Å². The summed E-state index contributed by atoms with van der Waals surface area (Å²) in [5.74, 6) is 0.723. The zero-order valence-electron chi connectivity index (χ0n) is 11.8. The van der Waals surface area contributed by atoms with Gasteiger partial charge in [0.25, 0.3) is 0 Å². The quantitative estimate of drug-likeness (QED) is 0.751. The number of rotatable bonds is 7. The van der Waals surface area contributed by atoms with Crippen molar-refractivity contribution in [1.29, 1.82) is 0 Å². The second-order valence-corrected chi connectivity index (χ2v) is 5.15. The normalized spacial score (nSPS) is 13.0. The lowest BCUT2D eigenvalue weighted by Gasteiger charge is -2.06. The van der Waals surface area contributed by atoms with Crippen LogP contribution in [-0.4, -0.2) is 24.1 Å². The Labute approximate surface area is 114 Å². The van der Waals surface area contributed by atoms with E-state index in [1.807, 2.05) is 13.0 Å². The molecule has 0 bridgehead atoms. The highest BCUT2D eigenvalue weighted by Crippen LogP contribution is 2.16. The van der Waals surface area contributed by atoms with Crippen LogP contribution in [0.4, 0.5) is 0 Å². The molecule has 4 nitrogen and oxygen atoms in total. The van der Waals surface area contributed by atoms with Gasteiger partial charge >= 0.3 is 0 Å². The van der Waals surface area contributed by atoms with Crippen molar-refractivity contribution in [1.82, 2.24) is 10.3 Å². The summed E-state index contributed by atoms with van der Waals surface area (Å²) in [6.45, 7) is 5.95. The van der Waals surface area contributed by atoms with Crippen molar-refractivity contribution >= 4 is 11.1 Å². The van der Waals surface area contributed by atoms with Crippen LogP contribution in [-0.2, 0) is 6.42 Å². The number of benzene rings is 1. The summed E-state index contributed by atoms with van der Waals surface area (Å²) < 4.78 is 5.46. The number of nitrogens with zero attached hydrogens (tertiary/aromatic N) is 1. The summed E-state index contributed by atoms with van der Waals surface area (Å²) >= 11 is 0. The number of hydrogen-bond donors (Lipinski definition) is 2. The molecule has 3 N–H and O–H groups in total. The van der Waals surface area contributed by atoms with Crippen LogP contribution in [0.25, 0.3) is 11.1 Å². The Balaban J connectivity index is 1.75. The Morgan fingerprint density at radius 2 is 2.21 bits per heavy atom. The van der Waals surface area contributed by atoms with Crippen LogP contribution in [0, 0.1) is 6.92 Å². The molecule has 0 aliphatic heterocycles. The SMILES string of the molecule is Cc1nc2cc(CCNCCCC(C)N)ccc2o1. The van der Waals surface area contributed by atoms with Crippen LogP contribution in [0.1, 0.15) is 31.2 Å². The lowest BCUT2D eigenvalue weighted by atomic mass is 10.1. The molecule has 2 aromatic rings. The molecule has 0 saturated heterocycles. The topological polar surface area (TPSA) is 64.1 Å². The van der Waals surface area contributed by atoms with Crippen molar-refractivity contribution < 1.29 is 4.42 Å². The van der Waals surface area contributed by atoms with Gasteiger partial charge in [-0.15, -0.1) is 0 Å². The molecule has 1 unspecified atom stereocenters. The van der Waals surface area contributed by atoms with E-state index >= 15 is 0 Å². The van der Waals surface area contributed by atoms with Crippen LogP contribution in [0.15, 0.2) is 22.6 Å². The van der Waals surface area contributed by atoms with E-state index in [1.54, 1.807) is 0 Å². The van der Waals surface area contributed by atoms with Gasteiger partial charge in [0, 0.05) is 13.0 Å². The minimum atomic E-state index is 0.305. The standard InChI is InChI=1S/C15H23N3O/c1-11(16)4-3-8-17-9-7-13-5-6-15-14(10-13)18-12(2)19-15/h5-6,10-11,17H,3-4,7-9,16H2,1-2H3. The maximum absolute atomic E-state index is 5.71. The van der Waals surface area contributed by atoms with Gasteiger partial charge in [-0.05, 0) is 57.0 Å². The molecule has 0 aliphatic rings. The number of fused-ring (bicyclic) bond motifs is 1. The molecular weight excluding hydrogens is 238 g/mol. The van der Waals surface area contributed by atoms with E-state index in [9.17, 15) is 0 Å². The lowest BCUT2D eigenvalue weighted by Crippen LogP contribution is -2.21.